The summed E-state index contributed by atoms with van der Waals surface area (Å²) in [6.45, 7) is 42.0. The average molecular weight is 1570 g/mol. The second kappa shape index (κ2) is 40.1. The maximum atomic E-state index is 12.3. The molecule has 3 unspecified atom stereocenters. The minimum absolute atomic E-state index is 0.00935. The molecule has 5 heterocycles. The standard InChI is InChI=1S/C21H20N2O3.C21H18N2O3.C20H21N3O.C19H18N2O2.C10H7BrN2O/c2*1-4-26-20(24)12-16(14-8-6-5-7-9-14)17-10-15(25-3)11-18-21(17)19(22-2)13-23-18;1-21-10-9-16(14-7-5-4-6-8-14)17-11-15(24-3)12-18-20(17)19(22-2)13-23-18;1-20-18-12-21-17-11-14(23-2)10-16(19(17)18)15(8-9-22)13-6-4-3-5-7-13;1-12-9-5-13-8-4-6(14-2)3-7(11)10(8)9/h5-11,13,16,23H,4,12H2,1,3H3;5-13,23H,4H2,1,3H3;4-8,11-13,16,21,23H,9-10H2,1,3H3;3-7,10-12,15,21-22H,8-9H2,2H3;3-5,13H,2H3/b;16-12+;;;. The highest BCUT2D eigenvalue weighted by atomic mass is 79.9. The number of methoxy groups -OCH3 is 5. The summed E-state index contributed by atoms with van der Waals surface area (Å²) in [5.41, 5.74) is 15.9. The number of carbonyl (C=O) groups excluding carboxylic acids is 2. The number of esters is 2. The fourth-order valence-corrected chi connectivity index (χ4v) is 14.4. The first-order valence-electron chi connectivity index (χ1n) is 36.2. The summed E-state index contributed by atoms with van der Waals surface area (Å²) in [4.78, 5) is 58.0. The Labute approximate surface area is 664 Å². The zero-order valence-electron chi connectivity index (χ0n) is 63.7. The number of aromatic nitrogens is 5. The van der Waals surface area contributed by atoms with Crippen LogP contribution in [-0.4, -0.2) is 111 Å². The van der Waals surface area contributed by atoms with Crippen LogP contribution in [-0.2, 0) is 19.1 Å². The molecule has 0 radical (unpaired) electrons. The van der Waals surface area contributed by atoms with Crippen LogP contribution in [0.2, 0.25) is 0 Å². The van der Waals surface area contributed by atoms with Crippen LogP contribution >= 0.6 is 15.9 Å². The molecule has 5 aromatic heterocycles. The third-order valence-electron chi connectivity index (χ3n) is 18.9. The highest BCUT2D eigenvalue weighted by Gasteiger charge is 2.27. The number of hydrogen-bond donors (Lipinski definition) is 7. The molecular formula is C91H84BrN11O10. The van der Waals surface area contributed by atoms with Crippen molar-refractivity contribution < 1.29 is 47.9 Å². The van der Waals surface area contributed by atoms with E-state index in [9.17, 15) is 14.7 Å². The minimum atomic E-state index is -0.428. The fourth-order valence-electron chi connectivity index (χ4n) is 13.7. The van der Waals surface area contributed by atoms with E-state index in [1.54, 1.807) is 80.4 Å². The topological polar surface area (TPSA) is 232 Å². The molecule has 0 fully saturated rings. The van der Waals surface area contributed by atoms with E-state index in [1.165, 1.54) is 11.6 Å². The summed E-state index contributed by atoms with van der Waals surface area (Å²) in [6.07, 6.45) is 11.8. The van der Waals surface area contributed by atoms with Gasteiger partial charge < -0.3 is 68.5 Å². The van der Waals surface area contributed by atoms with Gasteiger partial charge in [0.2, 0.25) is 28.4 Å². The Hall–Kier alpha value is -13.8. The third-order valence-corrected chi connectivity index (χ3v) is 19.5. The molecule has 0 aliphatic heterocycles. The summed E-state index contributed by atoms with van der Waals surface area (Å²) in [5.74, 6) is 2.91. The molecule has 0 aliphatic rings. The number of aromatic amines is 5. The van der Waals surface area contributed by atoms with Gasteiger partial charge in [0.05, 0.1) is 88.0 Å². The Morgan fingerprint density at radius 3 is 1.16 bits per heavy atom. The van der Waals surface area contributed by atoms with Gasteiger partial charge in [-0.1, -0.05) is 137 Å². The molecule has 0 saturated heterocycles. The van der Waals surface area contributed by atoms with Crippen molar-refractivity contribution in [1.29, 1.82) is 0 Å². The van der Waals surface area contributed by atoms with Gasteiger partial charge in [-0.15, -0.1) is 0 Å². The second-order valence-electron chi connectivity index (χ2n) is 25.5. The van der Waals surface area contributed by atoms with E-state index in [1.807, 2.05) is 147 Å². The lowest BCUT2D eigenvalue weighted by Crippen LogP contribution is -2.13. The summed E-state index contributed by atoms with van der Waals surface area (Å²) < 4.78 is 38.0. The van der Waals surface area contributed by atoms with Crippen molar-refractivity contribution >= 4 is 116 Å². The SMILES string of the molecule is [C-]#[N+]c1c[nH]c2cc(OC)cc(/C(=C/C(=O)OCC)c3ccccc3)c12.[C-]#[N+]c1c[nH]c2cc(OC)cc(Br)c12.[C-]#[N+]c1c[nH]c2cc(OC)cc(C(CC(=O)OCC)c3ccccc3)c12.[C-]#[N+]c1c[nH]c2cc(OC)cc(C(CCNC)c3ccccc3)c12.[C-]#[N+]c1c[nH]c2cc(OC)cc(C(CCO)c3ccccc3)c12. The van der Waals surface area contributed by atoms with Gasteiger partial charge in [0, 0.05) is 151 Å². The number of hydrogen-bond acceptors (Lipinski definition) is 11. The maximum Gasteiger partial charge on any atom is 0.331 e. The van der Waals surface area contributed by atoms with E-state index >= 15 is 0 Å². The van der Waals surface area contributed by atoms with Gasteiger partial charge in [-0.25, -0.2) is 29.0 Å². The predicted octanol–water partition coefficient (Wildman–Crippen LogP) is 21.7. The molecule has 570 valence electrons. The molecule has 0 spiro atoms. The molecule has 0 bridgehead atoms. The number of nitrogens with one attached hydrogen (secondary N) is 6. The van der Waals surface area contributed by atoms with Crippen molar-refractivity contribution in [2.45, 2.75) is 50.9 Å². The number of rotatable bonds is 23. The molecule has 14 rings (SSSR count). The number of aliphatic hydroxyl groups is 1. The number of H-pyrrole nitrogens is 5. The second-order valence-corrected chi connectivity index (χ2v) is 26.3. The predicted molar refractivity (Wildman–Crippen MR) is 450 cm³/mol. The van der Waals surface area contributed by atoms with Gasteiger partial charge >= 0.3 is 11.9 Å². The average Bonchev–Trinajstić information content (AvgIpc) is 1.81. The smallest absolute Gasteiger partial charge is 0.331 e. The molecule has 9 aromatic carbocycles. The molecule has 7 N–H and O–H groups in total. The Bertz CT molecular complexity index is 5850. The summed E-state index contributed by atoms with van der Waals surface area (Å²) in [7, 11) is 10.1. The number of carbonyl (C=O) groups is 2. The zero-order chi connectivity index (χ0) is 80.3. The zero-order valence-corrected chi connectivity index (χ0v) is 65.3. The van der Waals surface area contributed by atoms with Crippen LogP contribution in [0.1, 0.15) is 95.4 Å². The first kappa shape index (κ1) is 81.7. The van der Waals surface area contributed by atoms with Gasteiger partial charge in [-0.05, 0) is 121 Å². The van der Waals surface area contributed by atoms with Gasteiger partial charge in [-0.2, -0.15) is 0 Å². The molecule has 0 aliphatic carbocycles. The normalized spacial score (nSPS) is 11.5. The van der Waals surface area contributed by atoms with Gasteiger partial charge in [-0.3, -0.25) is 4.79 Å². The van der Waals surface area contributed by atoms with E-state index in [4.69, 9.17) is 66.0 Å². The van der Waals surface area contributed by atoms with Gasteiger partial charge in [0.15, 0.2) is 0 Å². The number of aliphatic hydroxyl groups excluding tert-OH is 1. The van der Waals surface area contributed by atoms with Crippen LogP contribution in [0.3, 0.4) is 0 Å². The molecule has 3 atom stereocenters. The van der Waals surface area contributed by atoms with Crippen molar-refractivity contribution in [1.82, 2.24) is 30.2 Å². The van der Waals surface area contributed by atoms with E-state index < -0.39 is 5.97 Å². The lowest BCUT2D eigenvalue weighted by molar-refractivity contribution is -0.143. The van der Waals surface area contributed by atoms with Crippen LogP contribution in [0.5, 0.6) is 28.7 Å². The number of fused-ring (bicyclic) bond motifs is 5. The Balaban J connectivity index is 0.000000151. The summed E-state index contributed by atoms with van der Waals surface area (Å²) in [6, 6.07) is 58.9. The monoisotopic (exact) mass is 1570 g/mol. The van der Waals surface area contributed by atoms with E-state index in [0.717, 1.165) is 128 Å². The highest BCUT2D eigenvalue weighted by molar-refractivity contribution is 9.10. The minimum Gasteiger partial charge on any atom is -0.497 e. The molecule has 21 nitrogen and oxygen atoms in total. The lowest BCUT2D eigenvalue weighted by atomic mass is 9.86. The van der Waals surface area contributed by atoms with Crippen LogP contribution in [0.4, 0.5) is 28.4 Å². The highest BCUT2D eigenvalue weighted by Crippen LogP contribution is 2.45. The number of nitrogens with zero attached hydrogens (tertiary/aromatic N) is 5. The summed E-state index contributed by atoms with van der Waals surface area (Å²) in [5, 5.41) is 17.1. The Kier molecular flexibility index (Phi) is 29.0. The molecule has 0 amide bonds. The first-order valence-corrected chi connectivity index (χ1v) is 36.9. The lowest BCUT2D eigenvalue weighted by Gasteiger charge is -2.20. The van der Waals surface area contributed by atoms with Gasteiger partial charge in [0.25, 0.3) is 0 Å². The quantitative estimate of drug-likeness (QED) is 0.0181. The van der Waals surface area contributed by atoms with Crippen LogP contribution in [0.15, 0.2) is 224 Å². The molecule has 22 heteroatoms. The van der Waals surface area contributed by atoms with Crippen LogP contribution in [0.25, 0.3) is 84.3 Å². The van der Waals surface area contributed by atoms with Crippen molar-refractivity contribution in [3.63, 3.8) is 0 Å². The van der Waals surface area contributed by atoms with Crippen molar-refractivity contribution in [3.05, 3.63) is 325 Å². The largest absolute Gasteiger partial charge is 0.497 e. The van der Waals surface area contributed by atoms with Gasteiger partial charge in [0.1, 0.15) is 28.7 Å². The van der Waals surface area contributed by atoms with Crippen LogP contribution in [0, 0.1) is 32.9 Å². The summed E-state index contributed by atoms with van der Waals surface area (Å²) >= 11 is 3.42. The van der Waals surface area contributed by atoms with Crippen molar-refractivity contribution in [3.8, 4) is 28.7 Å². The number of ether oxygens (including phenoxy) is 7. The van der Waals surface area contributed by atoms with Crippen LogP contribution < -0.4 is 29.0 Å². The van der Waals surface area contributed by atoms with Crippen molar-refractivity contribution in [2.24, 2.45) is 0 Å². The Morgan fingerprint density at radius 2 is 0.779 bits per heavy atom. The molecule has 0 saturated carbocycles. The van der Waals surface area contributed by atoms with E-state index in [2.05, 4.69) is 113 Å². The molecular weight excluding hydrogens is 1490 g/mol. The van der Waals surface area contributed by atoms with Crippen molar-refractivity contribution in [2.75, 3.05) is 69.0 Å². The molecule has 14 aromatic rings. The number of halogens is 1. The Morgan fingerprint density at radius 1 is 0.442 bits per heavy atom. The fraction of sp³-hybridized carbons (Fsp3) is 0.198. The first-order chi connectivity index (χ1) is 55.2. The van der Waals surface area contributed by atoms with E-state index in [-0.39, 0.29) is 36.8 Å². The van der Waals surface area contributed by atoms with E-state index in [0.29, 0.717) is 65.1 Å². The molecule has 113 heavy (non-hydrogen) atoms. The maximum absolute atomic E-state index is 12.3. The third kappa shape index (κ3) is 19.4. The number of benzene rings is 9.